The third-order valence-electron chi connectivity index (χ3n) is 8.33. The Bertz CT molecular complexity index is 810. The monoisotopic (exact) mass is 472 g/mol. The molecule has 33 heavy (non-hydrogen) atoms. The van der Waals surface area contributed by atoms with Crippen molar-refractivity contribution in [2.45, 2.75) is 90.1 Å². The molecule has 4 rings (SSSR count). The van der Waals surface area contributed by atoms with E-state index in [1.807, 2.05) is 18.2 Å². The molecule has 0 saturated heterocycles. The molecular formula is C28H44O4Si. The van der Waals surface area contributed by atoms with E-state index in [0.29, 0.717) is 35.8 Å². The Morgan fingerprint density at radius 2 is 1.67 bits per heavy atom. The van der Waals surface area contributed by atoms with Crippen molar-refractivity contribution in [3.05, 3.63) is 47.5 Å². The van der Waals surface area contributed by atoms with E-state index in [4.69, 9.17) is 13.9 Å². The van der Waals surface area contributed by atoms with Gasteiger partial charge in [0, 0.05) is 5.92 Å². The lowest BCUT2D eigenvalue weighted by molar-refractivity contribution is -0.166. The van der Waals surface area contributed by atoms with Crippen molar-refractivity contribution in [2.24, 2.45) is 17.8 Å². The summed E-state index contributed by atoms with van der Waals surface area (Å²) in [6, 6.07) is 10.2. The Labute approximate surface area is 202 Å². The van der Waals surface area contributed by atoms with Gasteiger partial charge in [0.15, 0.2) is 0 Å². The smallest absolute Gasteiger partial charge is 0.312 e. The molecule has 5 heteroatoms. The minimum absolute atomic E-state index is 0.0677. The molecule has 184 valence electrons. The number of fused-ring (bicyclic) bond motifs is 2. The summed E-state index contributed by atoms with van der Waals surface area (Å²) in [4.78, 5) is 13.3. The van der Waals surface area contributed by atoms with Crippen LogP contribution in [-0.2, 0) is 25.3 Å². The molecule has 1 fully saturated rings. The largest absolute Gasteiger partial charge is 0.469 e. The minimum Gasteiger partial charge on any atom is -0.469 e. The standard InChI is InChI=1S/C28H44O4Si/c1-19(2)33(20(3)4,21(5)6)32-28-15-14-24(22(7)16-28)25(26(28)27(29)30-8)18-31-17-23-12-10-9-11-13-23/h9-13,16,19-21,24-26H,14-15,17-18H2,1-8H3/t24-,25+,26+,28-/m0/s1. The maximum absolute atomic E-state index is 13.3. The van der Waals surface area contributed by atoms with Crippen LogP contribution in [-0.4, -0.2) is 33.6 Å². The number of methoxy groups -OCH3 is 1. The molecule has 3 aliphatic carbocycles. The first-order valence-corrected chi connectivity index (χ1v) is 14.8. The summed E-state index contributed by atoms with van der Waals surface area (Å²) < 4.78 is 19.1. The van der Waals surface area contributed by atoms with Gasteiger partial charge in [0.25, 0.3) is 0 Å². The Kier molecular flexibility index (Phi) is 8.29. The van der Waals surface area contributed by atoms with E-state index in [9.17, 15) is 4.79 Å². The fourth-order valence-corrected chi connectivity index (χ4v) is 12.6. The average molecular weight is 473 g/mol. The molecule has 0 amide bonds. The molecule has 4 nitrogen and oxygen atoms in total. The predicted octanol–water partition coefficient (Wildman–Crippen LogP) is 6.91. The zero-order valence-electron chi connectivity index (χ0n) is 21.9. The van der Waals surface area contributed by atoms with Crippen molar-refractivity contribution in [3.8, 4) is 0 Å². The maximum Gasteiger partial charge on any atom is 0.312 e. The molecule has 2 bridgehead atoms. The topological polar surface area (TPSA) is 44.8 Å². The van der Waals surface area contributed by atoms with Crippen LogP contribution in [0.1, 0.15) is 66.9 Å². The summed E-state index contributed by atoms with van der Waals surface area (Å²) in [5.41, 5.74) is 3.24. The van der Waals surface area contributed by atoms with Gasteiger partial charge in [-0.15, -0.1) is 0 Å². The number of rotatable bonds is 10. The quantitative estimate of drug-likeness (QED) is 0.211. The molecule has 0 radical (unpaired) electrons. The van der Waals surface area contributed by atoms with Crippen molar-refractivity contribution in [3.63, 3.8) is 0 Å². The number of hydrogen-bond donors (Lipinski definition) is 0. The van der Waals surface area contributed by atoms with E-state index in [0.717, 1.165) is 18.4 Å². The van der Waals surface area contributed by atoms with Crippen LogP contribution in [0, 0.1) is 17.8 Å². The first-order chi connectivity index (χ1) is 15.6. The van der Waals surface area contributed by atoms with E-state index in [1.54, 1.807) is 0 Å². The molecule has 0 spiro atoms. The van der Waals surface area contributed by atoms with Crippen LogP contribution in [0.25, 0.3) is 0 Å². The predicted molar refractivity (Wildman–Crippen MR) is 136 cm³/mol. The van der Waals surface area contributed by atoms with E-state index < -0.39 is 13.9 Å². The van der Waals surface area contributed by atoms with Gasteiger partial charge in [0.2, 0.25) is 8.32 Å². The van der Waals surface area contributed by atoms with Gasteiger partial charge in [0.05, 0.1) is 31.8 Å². The lowest BCUT2D eigenvalue weighted by atomic mass is 9.57. The Morgan fingerprint density at radius 1 is 1.06 bits per heavy atom. The molecule has 1 aromatic rings. The Hall–Kier alpha value is -1.43. The van der Waals surface area contributed by atoms with E-state index in [1.165, 1.54) is 12.7 Å². The first kappa shape index (κ1) is 26.2. The van der Waals surface area contributed by atoms with Gasteiger partial charge in [-0.3, -0.25) is 4.79 Å². The van der Waals surface area contributed by atoms with Gasteiger partial charge in [-0.05, 0) is 47.9 Å². The van der Waals surface area contributed by atoms with Crippen molar-refractivity contribution in [1.82, 2.24) is 0 Å². The van der Waals surface area contributed by atoms with Crippen molar-refractivity contribution in [1.29, 1.82) is 0 Å². The molecule has 3 aliphatic rings. The molecule has 0 N–H and O–H groups in total. The summed E-state index contributed by atoms with van der Waals surface area (Å²) in [7, 11) is -0.712. The van der Waals surface area contributed by atoms with Gasteiger partial charge in [-0.2, -0.15) is 0 Å². The van der Waals surface area contributed by atoms with Gasteiger partial charge < -0.3 is 13.9 Å². The molecule has 0 heterocycles. The fraction of sp³-hybridized carbons (Fsp3) is 0.679. The van der Waals surface area contributed by atoms with Gasteiger partial charge in [0.1, 0.15) is 0 Å². The third-order valence-corrected chi connectivity index (χ3v) is 14.5. The summed E-state index contributed by atoms with van der Waals surface area (Å²) in [5, 5.41) is 0. The molecular weight excluding hydrogens is 428 g/mol. The second kappa shape index (κ2) is 10.5. The van der Waals surface area contributed by atoms with Gasteiger partial charge >= 0.3 is 5.97 Å². The minimum atomic E-state index is -2.22. The normalized spacial score (nSPS) is 27.4. The Morgan fingerprint density at radius 3 is 2.18 bits per heavy atom. The van der Waals surface area contributed by atoms with Crippen LogP contribution in [0.15, 0.2) is 42.0 Å². The highest BCUT2D eigenvalue weighted by atomic mass is 28.4. The SMILES string of the molecule is COC(=O)[C@H]1[C@H](COCc2ccccc2)[C@H]2CC[C@]1(O[Si](C(C)C)(C(C)C)C(C)C)C=C2C. The molecule has 0 aliphatic heterocycles. The Balaban J connectivity index is 1.96. The molecule has 0 aromatic heterocycles. The van der Waals surface area contributed by atoms with Crippen LogP contribution in [0.3, 0.4) is 0 Å². The number of carbonyl (C=O) groups excluding carboxylic acids is 1. The zero-order valence-corrected chi connectivity index (χ0v) is 22.9. The lowest BCUT2D eigenvalue weighted by Gasteiger charge is -2.58. The van der Waals surface area contributed by atoms with Crippen molar-refractivity contribution >= 4 is 14.3 Å². The van der Waals surface area contributed by atoms with Crippen molar-refractivity contribution in [2.75, 3.05) is 13.7 Å². The second-order valence-electron chi connectivity index (χ2n) is 11.1. The van der Waals surface area contributed by atoms with Crippen LogP contribution >= 0.6 is 0 Å². The summed E-state index contributed by atoms with van der Waals surface area (Å²) in [6.07, 6.45) is 4.21. The molecule has 0 unspecified atom stereocenters. The van der Waals surface area contributed by atoms with E-state index in [2.05, 4.69) is 66.7 Å². The maximum atomic E-state index is 13.3. The van der Waals surface area contributed by atoms with Gasteiger partial charge in [-0.1, -0.05) is 83.5 Å². The number of benzene rings is 1. The zero-order chi connectivity index (χ0) is 24.4. The third kappa shape index (κ3) is 4.87. The summed E-state index contributed by atoms with van der Waals surface area (Å²) in [6.45, 7) is 17.1. The lowest BCUT2D eigenvalue weighted by Crippen LogP contribution is -2.63. The average Bonchev–Trinajstić information content (AvgIpc) is 2.77. The van der Waals surface area contributed by atoms with Crippen LogP contribution in [0.2, 0.25) is 16.6 Å². The highest BCUT2D eigenvalue weighted by molar-refractivity contribution is 6.77. The van der Waals surface area contributed by atoms with Crippen LogP contribution in [0.5, 0.6) is 0 Å². The van der Waals surface area contributed by atoms with E-state index in [-0.39, 0.29) is 17.8 Å². The summed E-state index contributed by atoms with van der Waals surface area (Å²) >= 11 is 0. The number of ether oxygens (including phenoxy) is 2. The number of hydrogen-bond acceptors (Lipinski definition) is 4. The molecule has 1 aromatic carbocycles. The number of esters is 1. The number of carbonyl (C=O) groups is 1. The fourth-order valence-electron chi connectivity index (χ4n) is 6.99. The summed E-state index contributed by atoms with van der Waals surface area (Å²) in [5.74, 6) is -0.0820. The second-order valence-corrected chi connectivity index (χ2v) is 16.4. The number of allylic oxidation sites excluding steroid dienone is 1. The van der Waals surface area contributed by atoms with Crippen LogP contribution < -0.4 is 0 Å². The highest BCUT2D eigenvalue weighted by Crippen LogP contribution is 2.56. The van der Waals surface area contributed by atoms with E-state index >= 15 is 0 Å². The molecule has 4 atom stereocenters. The van der Waals surface area contributed by atoms with Crippen molar-refractivity contribution < 1.29 is 18.7 Å². The van der Waals surface area contributed by atoms with Crippen LogP contribution in [0.4, 0.5) is 0 Å². The highest BCUT2D eigenvalue weighted by Gasteiger charge is 2.61. The molecule has 1 saturated carbocycles. The first-order valence-electron chi connectivity index (χ1n) is 12.7. The van der Waals surface area contributed by atoms with Gasteiger partial charge in [-0.25, -0.2) is 0 Å².